The van der Waals surface area contributed by atoms with E-state index >= 15 is 0 Å². The Morgan fingerprint density at radius 1 is 1.11 bits per heavy atom. The monoisotopic (exact) mass is 380 g/mol. The predicted molar refractivity (Wildman–Crippen MR) is 86.6 cm³/mol. The van der Waals surface area contributed by atoms with Gasteiger partial charge >= 0.3 is 12.1 Å². The smallest absolute Gasteiger partial charge is 0.416 e. The molecular weight excluding hydrogens is 365 g/mol. The van der Waals surface area contributed by atoms with Crippen LogP contribution in [0.4, 0.5) is 13.2 Å². The number of carbonyl (C=O) groups is 1. The van der Waals surface area contributed by atoms with Crippen molar-refractivity contribution >= 4 is 5.97 Å². The average Bonchev–Trinajstić information content (AvgIpc) is 3.26. The lowest BCUT2D eigenvalue weighted by atomic mass is 10.1. The van der Waals surface area contributed by atoms with Crippen LogP contribution < -0.4 is 0 Å². The van der Waals surface area contributed by atoms with Crippen LogP contribution in [0.1, 0.15) is 33.1 Å². The van der Waals surface area contributed by atoms with Crippen molar-refractivity contribution in [3.05, 3.63) is 77.4 Å². The molecule has 0 bridgehead atoms. The quantitative estimate of drug-likeness (QED) is 0.662. The average molecular weight is 380 g/mol. The zero-order valence-corrected chi connectivity index (χ0v) is 13.9. The van der Waals surface area contributed by atoms with Crippen molar-refractivity contribution in [2.24, 2.45) is 0 Å². The maximum atomic E-state index is 12.9. The second kappa shape index (κ2) is 7.67. The van der Waals surface area contributed by atoms with E-state index in [4.69, 9.17) is 13.9 Å². The van der Waals surface area contributed by atoms with E-state index in [0.29, 0.717) is 12.1 Å². The number of carboxylic acid groups (broad SMARTS) is 1. The molecule has 27 heavy (non-hydrogen) atoms. The summed E-state index contributed by atoms with van der Waals surface area (Å²) in [7, 11) is 0. The Kier molecular flexibility index (Phi) is 5.31. The van der Waals surface area contributed by atoms with Crippen molar-refractivity contribution in [1.29, 1.82) is 0 Å². The van der Waals surface area contributed by atoms with E-state index in [2.05, 4.69) is 4.98 Å². The van der Waals surface area contributed by atoms with Crippen molar-refractivity contribution in [2.45, 2.75) is 25.8 Å². The number of hydrogen-bond donors (Lipinski definition) is 1. The summed E-state index contributed by atoms with van der Waals surface area (Å²) >= 11 is 0. The van der Waals surface area contributed by atoms with Crippen LogP contribution in [0, 0.1) is 0 Å². The minimum atomic E-state index is -4.43. The summed E-state index contributed by atoms with van der Waals surface area (Å²) < 4.78 is 49.0. The van der Waals surface area contributed by atoms with Crippen LogP contribution >= 0.6 is 0 Å². The van der Waals surface area contributed by atoms with Crippen LogP contribution in [0.15, 0.2) is 58.0 Å². The van der Waals surface area contributed by atoms with Gasteiger partial charge in [0.2, 0.25) is 5.89 Å². The van der Waals surface area contributed by atoms with Crippen molar-refractivity contribution in [2.75, 3.05) is 0 Å². The molecule has 1 N–H and O–H groups in total. The minimum Gasteiger partial charge on any atom is -0.476 e. The van der Waals surface area contributed by atoms with Gasteiger partial charge in [0.05, 0.1) is 24.6 Å². The molecule has 0 saturated carbocycles. The number of carboxylic acids is 1. The van der Waals surface area contributed by atoms with Gasteiger partial charge in [-0.1, -0.05) is 18.2 Å². The Morgan fingerprint density at radius 3 is 2.52 bits per heavy atom. The Balaban J connectivity index is 1.80. The molecule has 0 fully saturated rings. The number of benzene rings is 1. The molecule has 3 aromatic rings. The van der Waals surface area contributed by atoms with Gasteiger partial charge in [0.15, 0.2) is 5.69 Å². The molecule has 2 heterocycles. The first-order valence-electron chi connectivity index (χ1n) is 7.88. The molecule has 0 aliphatic heterocycles. The Bertz CT molecular complexity index is 903. The first-order valence-corrected chi connectivity index (χ1v) is 7.88. The molecule has 2 aromatic heterocycles. The summed E-state index contributed by atoms with van der Waals surface area (Å²) in [5, 5.41) is 8.93. The SMILES string of the molecule is O=C(O)c1coc(CN(Cc2ccoc2)Cc2cccc(C(F)(F)F)c2)n1. The first-order chi connectivity index (χ1) is 12.8. The molecule has 142 valence electrons. The summed E-state index contributed by atoms with van der Waals surface area (Å²) in [6.07, 6.45) is -0.384. The third-order valence-electron chi connectivity index (χ3n) is 3.78. The fourth-order valence-corrected chi connectivity index (χ4v) is 2.59. The molecule has 0 spiro atoms. The van der Waals surface area contributed by atoms with Gasteiger partial charge in [-0.25, -0.2) is 9.78 Å². The lowest BCUT2D eigenvalue weighted by Crippen LogP contribution is -2.22. The number of alkyl halides is 3. The van der Waals surface area contributed by atoms with E-state index in [1.807, 2.05) is 0 Å². The number of hydrogen-bond acceptors (Lipinski definition) is 5. The van der Waals surface area contributed by atoms with Crippen molar-refractivity contribution in [3.63, 3.8) is 0 Å². The van der Waals surface area contributed by atoms with Gasteiger partial charge in [0.25, 0.3) is 0 Å². The summed E-state index contributed by atoms with van der Waals surface area (Å²) in [6, 6.07) is 6.77. The Morgan fingerprint density at radius 2 is 1.89 bits per heavy atom. The number of oxazole rings is 1. The number of halogens is 3. The third-order valence-corrected chi connectivity index (χ3v) is 3.78. The molecule has 6 nitrogen and oxygen atoms in total. The molecule has 0 aliphatic rings. The standard InChI is InChI=1S/C18H15F3N2O4/c19-18(20,21)14-3-1-2-12(6-14)7-23(8-13-4-5-26-10-13)9-16-22-15(11-27-16)17(24)25/h1-6,10-11H,7-9H2,(H,24,25). The van der Waals surface area contributed by atoms with Gasteiger partial charge in [0.1, 0.15) is 6.26 Å². The van der Waals surface area contributed by atoms with Gasteiger partial charge in [-0.15, -0.1) is 0 Å². The fraction of sp³-hybridized carbons (Fsp3) is 0.222. The van der Waals surface area contributed by atoms with Gasteiger partial charge in [-0.3, -0.25) is 4.90 Å². The topological polar surface area (TPSA) is 79.7 Å². The third kappa shape index (κ3) is 4.98. The molecule has 3 rings (SSSR count). The molecule has 0 unspecified atom stereocenters. The molecule has 0 amide bonds. The summed E-state index contributed by atoms with van der Waals surface area (Å²) in [6.45, 7) is 0.659. The highest BCUT2D eigenvalue weighted by atomic mass is 19.4. The lowest BCUT2D eigenvalue weighted by molar-refractivity contribution is -0.137. The van der Waals surface area contributed by atoms with Gasteiger partial charge in [-0.2, -0.15) is 13.2 Å². The number of nitrogens with zero attached hydrogens (tertiary/aromatic N) is 2. The largest absolute Gasteiger partial charge is 0.476 e. The molecule has 0 saturated heterocycles. The lowest BCUT2D eigenvalue weighted by Gasteiger charge is -2.20. The fourth-order valence-electron chi connectivity index (χ4n) is 2.59. The van der Waals surface area contributed by atoms with Crippen LogP contribution in [0.2, 0.25) is 0 Å². The predicted octanol–water partition coefficient (Wildman–Crippen LogP) is 4.19. The minimum absolute atomic E-state index is 0.120. The maximum Gasteiger partial charge on any atom is 0.416 e. The van der Waals surface area contributed by atoms with E-state index < -0.39 is 17.7 Å². The number of aromatic carboxylic acids is 1. The molecule has 0 aliphatic carbocycles. The van der Waals surface area contributed by atoms with E-state index in [-0.39, 0.29) is 24.7 Å². The Hall–Kier alpha value is -3.07. The van der Waals surface area contributed by atoms with E-state index in [1.54, 1.807) is 17.0 Å². The number of furan rings is 1. The normalized spacial score (nSPS) is 11.9. The van der Waals surface area contributed by atoms with Crippen molar-refractivity contribution in [3.8, 4) is 0 Å². The second-order valence-electron chi connectivity index (χ2n) is 5.91. The molecule has 1 aromatic carbocycles. The zero-order valence-electron chi connectivity index (χ0n) is 13.9. The number of rotatable bonds is 7. The highest BCUT2D eigenvalue weighted by Gasteiger charge is 2.30. The van der Waals surface area contributed by atoms with E-state index in [0.717, 1.165) is 24.0 Å². The Labute approximate surface area is 151 Å². The van der Waals surface area contributed by atoms with Gasteiger partial charge in [-0.05, 0) is 17.7 Å². The van der Waals surface area contributed by atoms with Crippen LogP contribution in [0.5, 0.6) is 0 Å². The van der Waals surface area contributed by atoms with Crippen LogP contribution in [0.3, 0.4) is 0 Å². The van der Waals surface area contributed by atoms with Crippen LogP contribution in [-0.4, -0.2) is 21.0 Å². The summed E-state index contributed by atoms with van der Waals surface area (Å²) in [5.41, 5.74) is 0.310. The molecule has 0 atom stereocenters. The molecule has 0 radical (unpaired) electrons. The first kappa shape index (κ1) is 18.7. The van der Waals surface area contributed by atoms with Crippen molar-refractivity contribution < 1.29 is 31.9 Å². The van der Waals surface area contributed by atoms with Crippen molar-refractivity contribution in [1.82, 2.24) is 9.88 Å². The molecule has 9 heteroatoms. The highest BCUT2D eigenvalue weighted by molar-refractivity contribution is 5.84. The van der Waals surface area contributed by atoms with E-state index in [1.165, 1.54) is 18.6 Å². The number of aromatic nitrogens is 1. The highest BCUT2D eigenvalue weighted by Crippen LogP contribution is 2.30. The van der Waals surface area contributed by atoms with Gasteiger partial charge < -0.3 is 13.9 Å². The molecular formula is C18H15F3N2O4. The van der Waals surface area contributed by atoms with Gasteiger partial charge in [0, 0.05) is 18.7 Å². The van der Waals surface area contributed by atoms with Crippen LogP contribution in [0.25, 0.3) is 0 Å². The second-order valence-corrected chi connectivity index (χ2v) is 5.91. The van der Waals surface area contributed by atoms with Crippen LogP contribution in [-0.2, 0) is 25.8 Å². The maximum absolute atomic E-state index is 12.9. The summed E-state index contributed by atoms with van der Waals surface area (Å²) in [5.74, 6) is -1.06. The zero-order chi connectivity index (χ0) is 19.4. The summed E-state index contributed by atoms with van der Waals surface area (Å²) in [4.78, 5) is 16.6. The van der Waals surface area contributed by atoms with E-state index in [9.17, 15) is 18.0 Å².